The van der Waals surface area contributed by atoms with Gasteiger partial charge in [0.25, 0.3) is 0 Å². The molecular weight excluding hydrogens is 405 g/mol. The minimum absolute atomic E-state index is 0.0272. The summed E-state index contributed by atoms with van der Waals surface area (Å²) < 4.78 is 38.4. The molecule has 9 heteroatoms. The van der Waals surface area contributed by atoms with Gasteiger partial charge in [-0.1, -0.05) is 11.6 Å². The summed E-state index contributed by atoms with van der Waals surface area (Å²) in [5.74, 6) is 0.286. The number of hydrogen-bond acceptors (Lipinski definition) is 4. The second-order valence-electron chi connectivity index (χ2n) is 7.35. The molecule has 5 nitrogen and oxygen atoms in total. The highest BCUT2D eigenvalue weighted by Crippen LogP contribution is 2.35. The highest BCUT2D eigenvalue weighted by Gasteiger charge is 2.34. The third-order valence-electron chi connectivity index (χ3n) is 5.51. The number of halogens is 4. The number of carbonyl (C=O) groups excluding carboxylic acids is 1. The van der Waals surface area contributed by atoms with Gasteiger partial charge in [-0.25, -0.2) is 4.98 Å². The zero-order valence-electron chi connectivity index (χ0n) is 15.6. The van der Waals surface area contributed by atoms with Crippen LogP contribution in [0.3, 0.4) is 0 Å². The Bertz CT molecular complexity index is 913. The first-order valence-corrected chi connectivity index (χ1v) is 9.95. The number of piperidine rings is 1. The minimum atomic E-state index is -4.48. The molecule has 0 bridgehead atoms. The van der Waals surface area contributed by atoms with E-state index in [2.05, 4.69) is 9.97 Å². The van der Waals surface area contributed by atoms with Crippen LogP contribution in [0.25, 0.3) is 0 Å². The van der Waals surface area contributed by atoms with E-state index in [4.69, 9.17) is 11.6 Å². The molecule has 0 aromatic carbocycles. The van der Waals surface area contributed by atoms with E-state index >= 15 is 0 Å². The molecule has 2 aromatic rings. The topological polar surface area (TPSA) is 49.3 Å². The van der Waals surface area contributed by atoms with Crippen LogP contribution < -0.4 is 9.80 Å². The number of amides is 1. The van der Waals surface area contributed by atoms with Crippen LogP contribution in [0.15, 0.2) is 30.6 Å². The highest BCUT2D eigenvalue weighted by atomic mass is 35.5. The molecule has 0 atom stereocenters. The third kappa shape index (κ3) is 4.03. The Morgan fingerprint density at radius 2 is 1.93 bits per heavy atom. The lowest BCUT2D eigenvalue weighted by atomic mass is 9.94. The summed E-state index contributed by atoms with van der Waals surface area (Å²) in [6.45, 7) is 1.72. The molecule has 1 fully saturated rings. The fourth-order valence-corrected chi connectivity index (χ4v) is 4.28. The molecule has 0 unspecified atom stereocenters. The molecule has 29 heavy (non-hydrogen) atoms. The van der Waals surface area contributed by atoms with Crippen LogP contribution in [0.2, 0.25) is 5.02 Å². The van der Waals surface area contributed by atoms with Gasteiger partial charge in [0.2, 0.25) is 5.91 Å². The molecule has 154 valence electrons. The molecule has 0 spiro atoms. The van der Waals surface area contributed by atoms with E-state index in [0.29, 0.717) is 38.3 Å². The molecular formula is C20H20ClF3N4O. The quantitative estimate of drug-likeness (QED) is 0.719. The molecule has 2 aliphatic rings. The standard InChI is InChI=1S/C20H20ClF3N4O/c21-15-11-14(20(22,23)24)12-26-18(15)27-9-5-13(6-10-27)19(29)28-8-2-3-16-17(28)4-1-7-25-16/h1,4,7,11-13H,2-3,5-6,8-10H2. The van der Waals surface area contributed by atoms with Crippen molar-refractivity contribution in [1.82, 2.24) is 9.97 Å². The van der Waals surface area contributed by atoms with E-state index in [1.54, 1.807) is 6.20 Å². The summed E-state index contributed by atoms with van der Waals surface area (Å²) in [6.07, 6.45) is 1.03. The van der Waals surface area contributed by atoms with E-state index in [-0.39, 0.29) is 16.8 Å². The minimum Gasteiger partial charge on any atom is -0.355 e. The van der Waals surface area contributed by atoms with Gasteiger partial charge in [0, 0.05) is 37.9 Å². The molecule has 1 saturated heterocycles. The lowest BCUT2D eigenvalue weighted by Gasteiger charge is -2.36. The first kappa shape index (κ1) is 19.9. The van der Waals surface area contributed by atoms with Gasteiger partial charge < -0.3 is 9.80 Å². The van der Waals surface area contributed by atoms with E-state index in [0.717, 1.165) is 36.5 Å². The van der Waals surface area contributed by atoms with Gasteiger partial charge in [-0.2, -0.15) is 13.2 Å². The maximum Gasteiger partial charge on any atom is 0.417 e. The highest BCUT2D eigenvalue weighted by molar-refractivity contribution is 6.33. The SMILES string of the molecule is O=C(C1CCN(c2ncc(C(F)(F)F)cc2Cl)CC1)N1CCCc2ncccc21. The van der Waals surface area contributed by atoms with Crippen molar-refractivity contribution in [3.63, 3.8) is 0 Å². The fourth-order valence-electron chi connectivity index (χ4n) is 4.00. The molecule has 0 radical (unpaired) electrons. The lowest BCUT2D eigenvalue weighted by molar-refractivity contribution is -0.137. The monoisotopic (exact) mass is 424 g/mol. The van der Waals surface area contributed by atoms with Crippen LogP contribution in [0.4, 0.5) is 24.7 Å². The molecule has 0 N–H and O–H groups in total. The maximum absolute atomic E-state index is 13.1. The summed E-state index contributed by atoms with van der Waals surface area (Å²) >= 11 is 6.06. The number of fused-ring (bicyclic) bond motifs is 1. The van der Waals surface area contributed by atoms with E-state index in [1.165, 1.54) is 0 Å². The number of rotatable bonds is 2. The summed E-state index contributed by atoms with van der Waals surface area (Å²) in [4.78, 5) is 25.1. The second-order valence-corrected chi connectivity index (χ2v) is 7.76. The van der Waals surface area contributed by atoms with Gasteiger partial charge in [-0.15, -0.1) is 0 Å². The first-order valence-electron chi connectivity index (χ1n) is 9.57. The molecule has 1 amide bonds. The molecule has 4 rings (SSSR count). The van der Waals surface area contributed by atoms with Gasteiger partial charge in [0.15, 0.2) is 0 Å². The predicted octanol–water partition coefficient (Wildman–Crippen LogP) is 4.34. The zero-order valence-corrected chi connectivity index (χ0v) is 16.4. The number of aromatic nitrogens is 2. The summed E-state index contributed by atoms with van der Waals surface area (Å²) in [5.41, 5.74) is 0.970. The average molecular weight is 425 g/mol. The Morgan fingerprint density at radius 3 is 2.62 bits per heavy atom. The summed E-state index contributed by atoms with van der Waals surface area (Å²) in [6, 6.07) is 4.67. The smallest absolute Gasteiger partial charge is 0.355 e. The number of hydrogen-bond donors (Lipinski definition) is 0. The van der Waals surface area contributed by atoms with Crippen LogP contribution in [-0.4, -0.2) is 35.5 Å². The van der Waals surface area contributed by atoms with Crippen molar-refractivity contribution >= 4 is 29.0 Å². The van der Waals surface area contributed by atoms with Crippen LogP contribution in [0.1, 0.15) is 30.5 Å². The van der Waals surface area contributed by atoms with Crippen molar-refractivity contribution in [1.29, 1.82) is 0 Å². The number of carbonyl (C=O) groups is 1. The van der Waals surface area contributed by atoms with Crippen molar-refractivity contribution in [2.45, 2.75) is 31.9 Å². The number of nitrogens with zero attached hydrogens (tertiary/aromatic N) is 4. The number of anilines is 2. The van der Waals surface area contributed by atoms with E-state index in [9.17, 15) is 18.0 Å². The number of pyridine rings is 2. The van der Waals surface area contributed by atoms with Crippen LogP contribution in [-0.2, 0) is 17.4 Å². The molecule has 4 heterocycles. The van der Waals surface area contributed by atoms with Gasteiger partial charge >= 0.3 is 6.18 Å². The second kappa shape index (κ2) is 7.82. The maximum atomic E-state index is 13.1. The van der Waals surface area contributed by atoms with Gasteiger partial charge in [-0.05, 0) is 43.9 Å². The molecule has 2 aliphatic heterocycles. The summed E-state index contributed by atoms with van der Waals surface area (Å²) in [7, 11) is 0. The Hall–Kier alpha value is -2.35. The van der Waals surface area contributed by atoms with Gasteiger partial charge in [0.05, 0.1) is 22.0 Å². The van der Waals surface area contributed by atoms with Crippen molar-refractivity contribution < 1.29 is 18.0 Å². The van der Waals surface area contributed by atoms with E-state index < -0.39 is 11.7 Å². The van der Waals surface area contributed by atoms with Crippen LogP contribution >= 0.6 is 11.6 Å². The van der Waals surface area contributed by atoms with Gasteiger partial charge in [-0.3, -0.25) is 9.78 Å². The van der Waals surface area contributed by atoms with Crippen molar-refractivity contribution in [3.05, 3.63) is 46.9 Å². The van der Waals surface area contributed by atoms with Crippen molar-refractivity contribution in [2.24, 2.45) is 5.92 Å². The first-order chi connectivity index (χ1) is 13.8. The Balaban J connectivity index is 1.43. The number of alkyl halides is 3. The molecule has 2 aromatic heterocycles. The average Bonchev–Trinajstić information content (AvgIpc) is 2.72. The van der Waals surface area contributed by atoms with Gasteiger partial charge in [0.1, 0.15) is 5.82 Å². The normalized spacial score (nSPS) is 17.9. The lowest BCUT2D eigenvalue weighted by Crippen LogP contribution is -2.44. The predicted molar refractivity (Wildman–Crippen MR) is 104 cm³/mol. The van der Waals surface area contributed by atoms with Crippen LogP contribution in [0, 0.1) is 5.92 Å². The Morgan fingerprint density at radius 1 is 1.17 bits per heavy atom. The largest absolute Gasteiger partial charge is 0.417 e. The Kier molecular flexibility index (Phi) is 5.38. The molecule has 0 aliphatic carbocycles. The van der Waals surface area contributed by atoms with Crippen molar-refractivity contribution in [3.8, 4) is 0 Å². The number of aryl methyl sites for hydroxylation is 1. The summed E-state index contributed by atoms with van der Waals surface area (Å²) in [5, 5.41) is -0.0272. The van der Waals surface area contributed by atoms with Crippen molar-refractivity contribution in [2.75, 3.05) is 29.4 Å². The third-order valence-corrected chi connectivity index (χ3v) is 5.79. The zero-order chi connectivity index (χ0) is 20.6. The van der Waals surface area contributed by atoms with E-state index in [1.807, 2.05) is 21.9 Å². The molecule has 0 saturated carbocycles. The fraction of sp³-hybridized carbons (Fsp3) is 0.450. The van der Waals surface area contributed by atoms with Crippen LogP contribution in [0.5, 0.6) is 0 Å². The Labute approximate surface area is 171 Å².